The maximum atomic E-state index is 11.9. The molecule has 0 aromatic carbocycles. The van der Waals surface area contributed by atoms with E-state index < -0.39 is 5.97 Å². The second kappa shape index (κ2) is 15.6. The molecule has 1 unspecified atom stereocenters. The molecule has 134 valence electrons. The minimum Gasteiger partial charge on any atom is -0.481 e. The summed E-state index contributed by atoms with van der Waals surface area (Å²) >= 11 is 0. The molecule has 0 rings (SSSR count). The van der Waals surface area contributed by atoms with Crippen molar-refractivity contribution in [3.05, 3.63) is 12.2 Å². The Hall–Kier alpha value is -1.32. The molecule has 0 saturated heterocycles. The zero-order chi connectivity index (χ0) is 17.3. The van der Waals surface area contributed by atoms with Gasteiger partial charge in [-0.1, -0.05) is 38.8 Å². The number of rotatable bonds is 15. The molecule has 0 spiro atoms. The van der Waals surface area contributed by atoms with Crippen LogP contribution in [-0.2, 0) is 14.3 Å². The van der Waals surface area contributed by atoms with Crippen LogP contribution in [0.1, 0.15) is 90.9 Å². The average molecular weight is 326 g/mol. The molecule has 4 nitrogen and oxygen atoms in total. The Labute approximate surface area is 141 Å². The molecule has 0 fully saturated rings. The number of unbranched alkanes of at least 4 members (excludes halogenated alkanes) is 4. The monoisotopic (exact) mass is 326 g/mol. The Bertz CT molecular complexity index is 336. The smallest absolute Gasteiger partial charge is 0.306 e. The van der Waals surface area contributed by atoms with Gasteiger partial charge < -0.3 is 9.84 Å². The van der Waals surface area contributed by atoms with Crippen LogP contribution in [0.3, 0.4) is 0 Å². The average Bonchev–Trinajstić information content (AvgIpc) is 2.52. The van der Waals surface area contributed by atoms with Gasteiger partial charge in [0.05, 0.1) is 0 Å². The summed E-state index contributed by atoms with van der Waals surface area (Å²) < 4.78 is 5.58. The third-order valence-electron chi connectivity index (χ3n) is 3.75. The van der Waals surface area contributed by atoms with E-state index in [1.165, 1.54) is 0 Å². The molecule has 4 heteroatoms. The van der Waals surface area contributed by atoms with Crippen LogP contribution in [0, 0.1) is 0 Å². The van der Waals surface area contributed by atoms with Crippen molar-refractivity contribution in [2.24, 2.45) is 0 Å². The fraction of sp³-hybridized carbons (Fsp3) is 0.789. The molecule has 0 heterocycles. The van der Waals surface area contributed by atoms with E-state index in [0.29, 0.717) is 12.8 Å². The zero-order valence-electron chi connectivity index (χ0n) is 14.9. The standard InChI is InChI=1S/C19H34O4/c1-3-5-7-8-9-10-16-19(22)23-17(13-6-4-2)14-11-12-15-18(20)21/h5,7,17H,3-4,6,8-16H2,1-2H3,(H,20,21)/b7-5+. The quantitative estimate of drug-likeness (QED) is 0.253. The van der Waals surface area contributed by atoms with Gasteiger partial charge in [0.15, 0.2) is 0 Å². The van der Waals surface area contributed by atoms with Crippen LogP contribution in [0.25, 0.3) is 0 Å². The van der Waals surface area contributed by atoms with Crippen molar-refractivity contribution >= 4 is 11.9 Å². The summed E-state index contributed by atoms with van der Waals surface area (Å²) in [5, 5.41) is 8.65. The molecule has 0 aliphatic rings. The van der Waals surface area contributed by atoms with E-state index in [9.17, 15) is 9.59 Å². The van der Waals surface area contributed by atoms with Gasteiger partial charge >= 0.3 is 11.9 Å². The van der Waals surface area contributed by atoms with Gasteiger partial charge in [0.25, 0.3) is 0 Å². The number of carboxylic acids is 1. The minimum atomic E-state index is -0.760. The van der Waals surface area contributed by atoms with E-state index >= 15 is 0 Å². The van der Waals surface area contributed by atoms with Crippen LogP contribution in [0.5, 0.6) is 0 Å². The van der Waals surface area contributed by atoms with Crippen LogP contribution in [0.15, 0.2) is 12.2 Å². The first-order valence-corrected chi connectivity index (χ1v) is 9.16. The third-order valence-corrected chi connectivity index (χ3v) is 3.75. The third kappa shape index (κ3) is 15.4. The Morgan fingerprint density at radius 2 is 1.65 bits per heavy atom. The molecule has 0 saturated carbocycles. The normalized spacial score (nSPS) is 12.4. The number of carbonyl (C=O) groups is 2. The fourth-order valence-corrected chi connectivity index (χ4v) is 2.40. The molecule has 0 aromatic rings. The Morgan fingerprint density at radius 1 is 0.957 bits per heavy atom. The van der Waals surface area contributed by atoms with E-state index in [2.05, 4.69) is 26.0 Å². The van der Waals surface area contributed by atoms with E-state index in [0.717, 1.165) is 57.8 Å². The predicted octanol–water partition coefficient (Wildman–Crippen LogP) is 5.26. The number of carbonyl (C=O) groups excluding carboxylic acids is 1. The molecule has 0 bridgehead atoms. The van der Waals surface area contributed by atoms with Crippen molar-refractivity contribution in [1.29, 1.82) is 0 Å². The number of carboxylic acid groups (broad SMARTS) is 1. The second-order valence-corrected chi connectivity index (χ2v) is 6.02. The molecule has 1 atom stereocenters. The van der Waals surface area contributed by atoms with Gasteiger partial charge in [-0.2, -0.15) is 0 Å². The Balaban J connectivity index is 3.92. The lowest BCUT2D eigenvalue weighted by atomic mass is 10.0. The molecule has 23 heavy (non-hydrogen) atoms. The highest BCUT2D eigenvalue weighted by atomic mass is 16.5. The first kappa shape index (κ1) is 21.7. The maximum absolute atomic E-state index is 11.9. The van der Waals surface area contributed by atoms with Gasteiger partial charge in [-0.05, 0) is 51.4 Å². The van der Waals surface area contributed by atoms with Crippen LogP contribution in [-0.4, -0.2) is 23.1 Å². The predicted molar refractivity (Wildman–Crippen MR) is 93.4 cm³/mol. The molecular formula is C19H34O4. The highest BCUT2D eigenvalue weighted by molar-refractivity contribution is 5.69. The highest BCUT2D eigenvalue weighted by Crippen LogP contribution is 2.15. The summed E-state index contributed by atoms with van der Waals surface area (Å²) in [7, 11) is 0. The van der Waals surface area contributed by atoms with Gasteiger partial charge in [0.1, 0.15) is 6.10 Å². The van der Waals surface area contributed by atoms with Crippen LogP contribution < -0.4 is 0 Å². The van der Waals surface area contributed by atoms with Crippen molar-refractivity contribution in [1.82, 2.24) is 0 Å². The summed E-state index contributed by atoms with van der Waals surface area (Å²) in [5.74, 6) is -0.868. The van der Waals surface area contributed by atoms with Gasteiger partial charge in [-0.3, -0.25) is 9.59 Å². The molecular weight excluding hydrogens is 292 g/mol. The topological polar surface area (TPSA) is 63.6 Å². The van der Waals surface area contributed by atoms with E-state index in [4.69, 9.17) is 9.84 Å². The SMILES string of the molecule is CC/C=C/CCCCC(=O)OC(CCCC)CCCCC(=O)O. The van der Waals surface area contributed by atoms with Gasteiger partial charge in [0, 0.05) is 12.8 Å². The number of allylic oxidation sites excluding steroid dienone is 2. The minimum absolute atomic E-state index is 0.0452. The molecule has 0 aliphatic carbocycles. The first-order chi connectivity index (χ1) is 11.1. The lowest BCUT2D eigenvalue weighted by Gasteiger charge is -2.17. The summed E-state index contributed by atoms with van der Waals surface area (Å²) in [6.07, 6.45) is 14.1. The second-order valence-electron chi connectivity index (χ2n) is 6.02. The molecule has 1 N–H and O–H groups in total. The number of ether oxygens (including phenoxy) is 1. The van der Waals surface area contributed by atoms with E-state index in [1.54, 1.807) is 0 Å². The largest absolute Gasteiger partial charge is 0.481 e. The molecule has 0 aromatic heterocycles. The van der Waals surface area contributed by atoms with E-state index in [1.807, 2.05) is 0 Å². The van der Waals surface area contributed by atoms with Crippen molar-refractivity contribution in [3.63, 3.8) is 0 Å². The van der Waals surface area contributed by atoms with Crippen molar-refractivity contribution in [2.45, 2.75) is 97.0 Å². The number of hydrogen-bond donors (Lipinski definition) is 1. The number of hydrogen-bond acceptors (Lipinski definition) is 3. The van der Waals surface area contributed by atoms with Crippen LogP contribution in [0.2, 0.25) is 0 Å². The summed E-state index contributed by atoms with van der Waals surface area (Å²) in [6.45, 7) is 4.23. The van der Waals surface area contributed by atoms with Crippen molar-refractivity contribution in [2.75, 3.05) is 0 Å². The number of aliphatic carboxylic acids is 1. The maximum Gasteiger partial charge on any atom is 0.306 e. The molecule has 0 radical (unpaired) electrons. The Kier molecular flexibility index (Phi) is 14.7. The summed E-state index contributed by atoms with van der Waals surface area (Å²) in [5.41, 5.74) is 0. The van der Waals surface area contributed by atoms with Crippen molar-refractivity contribution in [3.8, 4) is 0 Å². The molecule has 0 amide bonds. The first-order valence-electron chi connectivity index (χ1n) is 9.16. The van der Waals surface area contributed by atoms with Crippen LogP contribution in [0.4, 0.5) is 0 Å². The lowest BCUT2D eigenvalue weighted by molar-refractivity contribution is -0.150. The van der Waals surface area contributed by atoms with Gasteiger partial charge in [-0.15, -0.1) is 0 Å². The van der Waals surface area contributed by atoms with Crippen LogP contribution >= 0.6 is 0 Å². The molecule has 0 aliphatic heterocycles. The van der Waals surface area contributed by atoms with Gasteiger partial charge in [0.2, 0.25) is 0 Å². The Morgan fingerprint density at radius 3 is 2.30 bits per heavy atom. The fourth-order valence-electron chi connectivity index (χ4n) is 2.40. The highest BCUT2D eigenvalue weighted by Gasteiger charge is 2.14. The van der Waals surface area contributed by atoms with Gasteiger partial charge in [-0.25, -0.2) is 0 Å². The lowest BCUT2D eigenvalue weighted by Crippen LogP contribution is -2.18. The number of esters is 1. The summed E-state index contributed by atoms with van der Waals surface area (Å²) in [6, 6.07) is 0. The zero-order valence-corrected chi connectivity index (χ0v) is 14.9. The van der Waals surface area contributed by atoms with E-state index in [-0.39, 0.29) is 18.5 Å². The van der Waals surface area contributed by atoms with Crippen molar-refractivity contribution < 1.29 is 19.4 Å². The summed E-state index contributed by atoms with van der Waals surface area (Å²) in [4.78, 5) is 22.4.